The average Bonchev–Trinajstić information content (AvgIpc) is 2.50. The lowest BCUT2D eigenvalue weighted by Gasteiger charge is -2.36. The number of hydrogen-bond acceptors (Lipinski definition) is 3. The normalized spacial score (nSPS) is 17.3. The van der Waals surface area contributed by atoms with Crippen molar-refractivity contribution in [2.75, 3.05) is 25.5 Å². The number of amides is 1. The molecule has 1 heterocycles. The van der Waals surface area contributed by atoms with E-state index in [0.29, 0.717) is 11.4 Å². The first kappa shape index (κ1) is 15.8. The zero-order valence-corrected chi connectivity index (χ0v) is 12.7. The summed E-state index contributed by atoms with van der Waals surface area (Å²) in [5.74, 6) is -0.0188. The summed E-state index contributed by atoms with van der Waals surface area (Å²) < 4.78 is 18.4. The standard InChI is InChI=1S/C16H23FN2O2/c1-3-6-16(7-9-18-10-8-16)15(20)19-13-5-4-12(17)11-14(13)21-2/h4-5,11,18H,3,6-10H2,1-2H3,(H,19,20). The van der Waals surface area contributed by atoms with Crippen LogP contribution in [0.5, 0.6) is 5.75 Å². The van der Waals surface area contributed by atoms with Crippen molar-refractivity contribution in [1.82, 2.24) is 5.32 Å². The number of piperidine rings is 1. The number of ether oxygens (including phenoxy) is 1. The lowest BCUT2D eigenvalue weighted by atomic mass is 9.74. The van der Waals surface area contributed by atoms with Gasteiger partial charge in [-0.05, 0) is 44.5 Å². The van der Waals surface area contributed by atoms with Gasteiger partial charge < -0.3 is 15.4 Å². The Kier molecular flexibility index (Phi) is 5.17. The van der Waals surface area contributed by atoms with E-state index in [9.17, 15) is 9.18 Å². The number of carbonyl (C=O) groups is 1. The summed E-state index contributed by atoms with van der Waals surface area (Å²) in [7, 11) is 1.47. The van der Waals surface area contributed by atoms with Crippen LogP contribution in [0.15, 0.2) is 18.2 Å². The van der Waals surface area contributed by atoms with Gasteiger partial charge in [-0.1, -0.05) is 13.3 Å². The van der Waals surface area contributed by atoms with Crippen LogP contribution < -0.4 is 15.4 Å². The molecule has 0 aromatic heterocycles. The van der Waals surface area contributed by atoms with Crippen LogP contribution in [0.1, 0.15) is 32.6 Å². The molecule has 21 heavy (non-hydrogen) atoms. The van der Waals surface area contributed by atoms with E-state index in [2.05, 4.69) is 17.6 Å². The molecule has 0 radical (unpaired) electrons. The number of methoxy groups -OCH3 is 1. The van der Waals surface area contributed by atoms with Crippen LogP contribution in [-0.2, 0) is 4.79 Å². The second kappa shape index (κ2) is 6.89. The van der Waals surface area contributed by atoms with Crippen LogP contribution in [0, 0.1) is 11.2 Å². The number of hydrogen-bond donors (Lipinski definition) is 2. The van der Waals surface area contributed by atoms with Gasteiger partial charge in [0, 0.05) is 6.07 Å². The molecule has 1 aliphatic heterocycles. The minimum Gasteiger partial charge on any atom is -0.494 e. The lowest BCUT2D eigenvalue weighted by molar-refractivity contribution is -0.127. The first-order valence-electron chi connectivity index (χ1n) is 7.47. The average molecular weight is 294 g/mol. The van der Waals surface area contributed by atoms with Crippen molar-refractivity contribution in [3.8, 4) is 5.75 Å². The number of rotatable bonds is 5. The Labute approximate surface area is 125 Å². The summed E-state index contributed by atoms with van der Waals surface area (Å²) in [5, 5.41) is 6.22. The van der Waals surface area contributed by atoms with Crippen LogP contribution in [0.4, 0.5) is 10.1 Å². The third kappa shape index (κ3) is 3.53. The minimum atomic E-state index is -0.380. The molecule has 2 N–H and O–H groups in total. The molecule has 1 aromatic rings. The molecular formula is C16H23FN2O2. The third-order valence-corrected chi connectivity index (χ3v) is 4.18. The van der Waals surface area contributed by atoms with E-state index in [4.69, 9.17) is 4.74 Å². The van der Waals surface area contributed by atoms with Gasteiger partial charge in [0.2, 0.25) is 5.91 Å². The van der Waals surface area contributed by atoms with Crippen molar-refractivity contribution in [3.05, 3.63) is 24.0 Å². The highest BCUT2D eigenvalue weighted by Gasteiger charge is 2.38. The largest absolute Gasteiger partial charge is 0.494 e. The molecule has 0 saturated carbocycles. The number of halogens is 1. The fourth-order valence-corrected chi connectivity index (χ4v) is 3.00. The Morgan fingerprint density at radius 3 is 2.76 bits per heavy atom. The van der Waals surface area contributed by atoms with Gasteiger partial charge in [0.15, 0.2) is 0 Å². The molecule has 0 atom stereocenters. The predicted octanol–water partition coefficient (Wildman–Crippen LogP) is 2.94. The molecule has 1 saturated heterocycles. The molecule has 4 nitrogen and oxygen atoms in total. The molecule has 116 valence electrons. The number of nitrogens with one attached hydrogen (secondary N) is 2. The van der Waals surface area contributed by atoms with Crippen molar-refractivity contribution in [3.63, 3.8) is 0 Å². The van der Waals surface area contributed by atoms with Crippen molar-refractivity contribution in [2.45, 2.75) is 32.6 Å². The fourth-order valence-electron chi connectivity index (χ4n) is 3.00. The molecular weight excluding hydrogens is 271 g/mol. The Hall–Kier alpha value is -1.62. The highest BCUT2D eigenvalue weighted by Crippen LogP contribution is 2.36. The number of benzene rings is 1. The first-order valence-corrected chi connectivity index (χ1v) is 7.47. The monoisotopic (exact) mass is 294 g/mol. The maximum absolute atomic E-state index is 13.2. The molecule has 0 bridgehead atoms. The fraction of sp³-hybridized carbons (Fsp3) is 0.562. The summed E-state index contributed by atoms with van der Waals surface area (Å²) in [4.78, 5) is 12.7. The van der Waals surface area contributed by atoms with Crippen molar-refractivity contribution in [1.29, 1.82) is 0 Å². The summed E-state index contributed by atoms with van der Waals surface area (Å²) in [6.45, 7) is 3.80. The number of anilines is 1. The predicted molar refractivity (Wildman–Crippen MR) is 81.0 cm³/mol. The van der Waals surface area contributed by atoms with E-state index >= 15 is 0 Å². The van der Waals surface area contributed by atoms with Crippen LogP contribution in [0.2, 0.25) is 0 Å². The van der Waals surface area contributed by atoms with Crippen LogP contribution >= 0.6 is 0 Å². The molecule has 2 rings (SSSR count). The van der Waals surface area contributed by atoms with E-state index in [1.165, 1.54) is 19.2 Å². The van der Waals surface area contributed by atoms with Gasteiger partial charge >= 0.3 is 0 Å². The molecule has 0 aliphatic carbocycles. The SMILES string of the molecule is CCCC1(C(=O)Nc2ccc(F)cc2OC)CCNCC1. The Bertz CT molecular complexity index is 494. The van der Waals surface area contributed by atoms with E-state index in [1.807, 2.05) is 0 Å². The van der Waals surface area contributed by atoms with Crippen molar-refractivity contribution < 1.29 is 13.9 Å². The van der Waals surface area contributed by atoms with Gasteiger partial charge in [-0.25, -0.2) is 4.39 Å². The summed E-state index contributed by atoms with van der Waals surface area (Å²) in [6.07, 6.45) is 3.49. The molecule has 5 heteroatoms. The lowest BCUT2D eigenvalue weighted by Crippen LogP contribution is -2.44. The third-order valence-electron chi connectivity index (χ3n) is 4.18. The molecule has 1 fully saturated rings. The van der Waals surface area contributed by atoms with Crippen LogP contribution in [-0.4, -0.2) is 26.1 Å². The molecule has 1 aromatic carbocycles. The topological polar surface area (TPSA) is 50.4 Å². The Balaban J connectivity index is 2.19. The zero-order chi connectivity index (χ0) is 15.3. The minimum absolute atomic E-state index is 0.00996. The quantitative estimate of drug-likeness (QED) is 0.878. The van der Waals surface area contributed by atoms with Crippen molar-refractivity contribution >= 4 is 11.6 Å². The maximum Gasteiger partial charge on any atom is 0.230 e. The van der Waals surface area contributed by atoms with Gasteiger partial charge in [0.1, 0.15) is 11.6 Å². The first-order chi connectivity index (χ1) is 10.1. The van der Waals surface area contributed by atoms with Gasteiger partial charge in [-0.2, -0.15) is 0 Å². The van der Waals surface area contributed by atoms with Gasteiger partial charge in [0.25, 0.3) is 0 Å². The van der Waals surface area contributed by atoms with E-state index in [0.717, 1.165) is 38.8 Å². The van der Waals surface area contributed by atoms with Crippen LogP contribution in [0.25, 0.3) is 0 Å². The van der Waals surface area contributed by atoms with Gasteiger partial charge in [-0.15, -0.1) is 0 Å². The van der Waals surface area contributed by atoms with Crippen LogP contribution in [0.3, 0.4) is 0 Å². The van der Waals surface area contributed by atoms with E-state index in [1.54, 1.807) is 6.07 Å². The van der Waals surface area contributed by atoms with Crippen molar-refractivity contribution in [2.24, 2.45) is 5.41 Å². The summed E-state index contributed by atoms with van der Waals surface area (Å²) in [5.41, 5.74) is 0.192. The summed E-state index contributed by atoms with van der Waals surface area (Å²) in [6, 6.07) is 4.16. The molecule has 0 unspecified atom stereocenters. The second-order valence-electron chi connectivity index (χ2n) is 5.58. The Morgan fingerprint density at radius 1 is 1.43 bits per heavy atom. The van der Waals surface area contributed by atoms with Gasteiger partial charge in [0.05, 0.1) is 18.2 Å². The van der Waals surface area contributed by atoms with E-state index < -0.39 is 0 Å². The Morgan fingerprint density at radius 2 is 2.14 bits per heavy atom. The zero-order valence-electron chi connectivity index (χ0n) is 12.7. The molecule has 1 aliphatic rings. The molecule has 0 spiro atoms. The number of carbonyl (C=O) groups excluding carboxylic acids is 1. The smallest absolute Gasteiger partial charge is 0.230 e. The molecule has 1 amide bonds. The summed E-state index contributed by atoms with van der Waals surface area (Å²) >= 11 is 0. The van der Waals surface area contributed by atoms with E-state index in [-0.39, 0.29) is 17.1 Å². The second-order valence-corrected chi connectivity index (χ2v) is 5.58. The highest BCUT2D eigenvalue weighted by atomic mass is 19.1. The maximum atomic E-state index is 13.2. The van der Waals surface area contributed by atoms with Gasteiger partial charge in [-0.3, -0.25) is 4.79 Å². The highest BCUT2D eigenvalue weighted by molar-refractivity contribution is 5.96.